The minimum absolute atomic E-state index is 0.596. The Balaban J connectivity index is 1.59. The van der Waals surface area contributed by atoms with Gasteiger partial charge < -0.3 is 5.32 Å². The number of aryl methyl sites for hydroxylation is 1. The van der Waals surface area contributed by atoms with Crippen LogP contribution in [0.15, 0.2) is 102 Å². The Morgan fingerprint density at radius 1 is 0.917 bits per heavy atom. The summed E-state index contributed by atoms with van der Waals surface area (Å²) in [7, 11) is 0. The monoisotopic (exact) mass is 471 g/mol. The summed E-state index contributed by atoms with van der Waals surface area (Å²) in [5.41, 5.74) is 9.90. The Morgan fingerprint density at radius 2 is 1.81 bits per heavy atom. The molecule has 36 heavy (non-hydrogen) atoms. The molecule has 5 rings (SSSR count). The Labute approximate surface area is 214 Å². The van der Waals surface area contributed by atoms with Crippen molar-refractivity contribution in [3.05, 3.63) is 130 Å². The highest BCUT2D eigenvalue weighted by molar-refractivity contribution is 5.93. The molecule has 3 heterocycles. The summed E-state index contributed by atoms with van der Waals surface area (Å²) >= 11 is 0. The lowest BCUT2D eigenvalue weighted by Gasteiger charge is -2.12. The number of nitrogens with one attached hydrogen (secondary N) is 1. The number of rotatable bonds is 4. The Hall–Kier alpha value is -3.98. The highest BCUT2D eigenvalue weighted by Gasteiger charge is 2.15. The highest BCUT2D eigenvalue weighted by Crippen LogP contribution is 2.29. The van der Waals surface area contributed by atoms with Gasteiger partial charge >= 0.3 is 0 Å². The normalized spacial score (nSPS) is 17.6. The molecule has 0 atom stereocenters. The van der Waals surface area contributed by atoms with Gasteiger partial charge in [0.2, 0.25) is 0 Å². The Bertz CT molecular complexity index is 1520. The first-order chi connectivity index (χ1) is 17.5. The van der Waals surface area contributed by atoms with Gasteiger partial charge in [0, 0.05) is 22.7 Å². The minimum Gasteiger partial charge on any atom is -0.359 e. The van der Waals surface area contributed by atoms with Crippen molar-refractivity contribution in [3.63, 3.8) is 0 Å². The Kier molecular flexibility index (Phi) is 6.81. The van der Waals surface area contributed by atoms with Gasteiger partial charge in [-0.2, -0.15) is 0 Å². The van der Waals surface area contributed by atoms with E-state index < -0.39 is 0 Å². The van der Waals surface area contributed by atoms with Crippen LogP contribution in [0.5, 0.6) is 0 Å². The molecule has 0 amide bonds. The molecule has 2 aromatic heterocycles. The van der Waals surface area contributed by atoms with Crippen LogP contribution in [0.25, 0.3) is 23.4 Å². The van der Waals surface area contributed by atoms with Crippen LogP contribution in [0.1, 0.15) is 50.2 Å². The maximum absolute atomic E-state index is 5.17. The van der Waals surface area contributed by atoms with Gasteiger partial charge in [-0.05, 0) is 91.3 Å². The van der Waals surface area contributed by atoms with Crippen molar-refractivity contribution in [2.45, 2.75) is 40.0 Å². The van der Waals surface area contributed by atoms with Gasteiger partial charge in [-0.15, -0.1) is 0 Å². The predicted octanol–water partition coefficient (Wildman–Crippen LogP) is 6.08. The fraction of sp³-hybridized carbons (Fsp3) is 0.212. The molecule has 0 saturated heterocycles. The number of nitrogens with zero attached hydrogens (tertiary/aromatic N) is 2. The summed E-state index contributed by atoms with van der Waals surface area (Å²) in [4.78, 5) is 9.93. The third kappa shape index (κ3) is 5.16. The van der Waals surface area contributed by atoms with E-state index in [2.05, 4.69) is 74.3 Å². The van der Waals surface area contributed by atoms with Crippen LogP contribution in [0.2, 0.25) is 0 Å². The fourth-order valence-corrected chi connectivity index (χ4v) is 4.92. The number of hydrogen-bond acceptors (Lipinski definition) is 3. The lowest BCUT2D eigenvalue weighted by molar-refractivity contribution is 0.710. The van der Waals surface area contributed by atoms with Gasteiger partial charge in [0.1, 0.15) is 0 Å². The van der Waals surface area contributed by atoms with Crippen LogP contribution < -0.4 is 15.9 Å². The number of aromatic nitrogens is 2. The number of fused-ring (bicyclic) bond motifs is 1. The topological polar surface area (TPSA) is 37.8 Å². The van der Waals surface area contributed by atoms with Crippen molar-refractivity contribution in [2.75, 3.05) is 0 Å². The highest BCUT2D eigenvalue weighted by atomic mass is 14.9. The van der Waals surface area contributed by atoms with E-state index in [-0.39, 0.29) is 0 Å². The molecular weight excluding hydrogens is 438 g/mol. The van der Waals surface area contributed by atoms with Crippen LogP contribution in [-0.4, -0.2) is 9.97 Å². The van der Waals surface area contributed by atoms with Crippen LogP contribution >= 0.6 is 0 Å². The molecule has 0 radical (unpaired) electrons. The minimum atomic E-state index is 0.596. The van der Waals surface area contributed by atoms with Crippen molar-refractivity contribution in [1.29, 1.82) is 0 Å². The van der Waals surface area contributed by atoms with E-state index in [0.29, 0.717) is 5.92 Å². The van der Waals surface area contributed by atoms with Crippen molar-refractivity contribution >= 4 is 23.4 Å². The van der Waals surface area contributed by atoms with Crippen LogP contribution in [0, 0.1) is 12.8 Å². The molecule has 0 bridgehead atoms. The van der Waals surface area contributed by atoms with Crippen LogP contribution in [0.3, 0.4) is 0 Å². The molecular formula is C33H33N3. The molecule has 0 unspecified atom stereocenters. The van der Waals surface area contributed by atoms with Gasteiger partial charge in [-0.25, -0.2) is 4.98 Å². The zero-order valence-electron chi connectivity index (χ0n) is 21.4. The van der Waals surface area contributed by atoms with Gasteiger partial charge in [-0.1, -0.05) is 62.4 Å². The van der Waals surface area contributed by atoms with E-state index in [1.54, 1.807) is 5.57 Å². The van der Waals surface area contributed by atoms with Crippen molar-refractivity contribution in [2.24, 2.45) is 5.92 Å². The molecule has 1 aliphatic heterocycles. The quantitative estimate of drug-likeness (QED) is 0.550. The van der Waals surface area contributed by atoms with Crippen LogP contribution in [-0.2, 0) is 0 Å². The molecule has 2 aromatic rings. The zero-order valence-corrected chi connectivity index (χ0v) is 21.4. The second-order valence-electron chi connectivity index (χ2n) is 9.85. The van der Waals surface area contributed by atoms with E-state index in [1.165, 1.54) is 11.1 Å². The smallest absolute Gasteiger partial charge is 0.0874 e. The predicted molar refractivity (Wildman–Crippen MR) is 152 cm³/mol. The summed E-state index contributed by atoms with van der Waals surface area (Å²) in [6, 6.07) is 10.3. The average Bonchev–Trinajstić information content (AvgIpc) is 3.32. The van der Waals surface area contributed by atoms with Gasteiger partial charge in [0.25, 0.3) is 0 Å². The maximum Gasteiger partial charge on any atom is 0.0874 e. The lowest BCUT2D eigenvalue weighted by atomic mass is 9.94. The Morgan fingerprint density at radius 3 is 2.64 bits per heavy atom. The number of hydrogen-bond donors (Lipinski definition) is 1. The van der Waals surface area contributed by atoms with E-state index in [0.717, 1.165) is 63.8 Å². The molecule has 0 aromatic carbocycles. The summed E-state index contributed by atoms with van der Waals surface area (Å²) in [5.74, 6) is 0.596. The molecule has 180 valence electrons. The molecule has 0 saturated carbocycles. The largest absolute Gasteiger partial charge is 0.359 e. The SMILES string of the molecule is C=C1C=C(C2=CCC=C(C(C)C)CC2)C=c2nc(C3=C(c4cccc(C)n4)NC=CC=C3)ccc2=C1. The molecule has 2 aliphatic carbocycles. The summed E-state index contributed by atoms with van der Waals surface area (Å²) in [6.45, 7) is 10.9. The molecule has 3 aliphatic rings. The number of pyridine rings is 2. The van der Waals surface area contributed by atoms with E-state index in [9.17, 15) is 0 Å². The molecule has 0 spiro atoms. The van der Waals surface area contributed by atoms with E-state index in [4.69, 9.17) is 9.97 Å². The second-order valence-corrected chi connectivity index (χ2v) is 9.85. The van der Waals surface area contributed by atoms with Gasteiger partial charge in [0.15, 0.2) is 0 Å². The number of allylic oxidation sites excluding steroid dienone is 11. The van der Waals surface area contributed by atoms with Gasteiger partial charge in [-0.3, -0.25) is 4.98 Å². The fourth-order valence-electron chi connectivity index (χ4n) is 4.92. The third-order valence-corrected chi connectivity index (χ3v) is 6.86. The summed E-state index contributed by atoms with van der Waals surface area (Å²) in [5, 5.41) is 5.48. The lowest BCUT2D eigenvalue weighted by Crippen LogP contribution is -2.29. The van der Waals surface area contributed by atoms with Crippen LogP contribution in [0.4, 0.5) is 0 Å². The first kappa shape index (κ1) is 23.7. The summed E-state index contributed by atoms with van der Waals surface area (Å²) < 4.78 is 0. The third-order valence-electron chi connectivity index (χ3n) is 6.86. The maximum atomic E-state index is 5.17. The van der Waals surface area contributed by atoms with Crippen molar-refractivity contribution < 1.29 is 0 Å². The van der Waals surface area contributed by atoms with Gasteiger partial charge in [0.05, 0.1) is 22.4 Å². The zero-order chi connectivity index (χ0) is 25.1. The molecule has 3 nitrogen and oxygen atoms in total. The van der Waals surface area contributed by atoms with E-state index >= 15 is 0 Å². The molecule has 1 N–H and O–H groups in total. The molecule has 0 fully saturated rings. The van der Waals surface area contributed by atoms with Crippen molar-refractivity contribution in [1.82, 2.24) is 15.3 Å². The molecule has 3 heteroatoms. The standard InChI is InChI=1S/C33H33N3/c1-22(2)25-10-8-11-26(15-14-25)28-20-23(3)19-27-16-17-30(36-32(27)21-28)29-12-5-6-18-34-33(29)31-13-7-9-24(4)35-31/h5-7,9-13,16-22,34H,3,8,14-15H2,1-2,4H3. The first-order valence-electron chi connectivity index (χ1n) is 12.8. The second kappa shape index (κ2) is 10.3. The first-order valence-corrected chi connectivity index (χ1v) is 12.8. The van der Waals surface area contributed by atoms with Crippen molar-refractivity contribution in [3.8, 4) is 0 Å². The average molecular weight is 472 g/mol. The van der Waals surface area contributed by atoms with E-state index in [1.807, 2.05) is 43.5 Å². The summed E-state index contributed by atoms with van der Waals surface area (Å²) in [6.07, 6.45) is 22.5.